The van der Waals surface area contributed by atoms with E-state index in [0.29, 0.717) is 12.3 Å². The van der Waals surface area contributed by atoms with Crippen LogP contribution in [-0.4, -0.2) is 20.8 Å². The second-order valence-corrected chi connectivity index (χ2v) is 5.64. The van der Waals surface area contributed by atoms with E-state index < -0.39 is 6.43 Å². The highest BCUT2D eigenvalue weighted by Crippen LogP contribution is 2.46. The van der Waals surface area contributed by atoms with Crippen LogP contribution in [0.25, 0.3) is 0 Å². The molecule has 2 N–H and O–H groups in total. The molecule has 3 nitrogen and oxygen atoms in total. The van der Waals surface area contributed by atoms with Crippen molar-refractivity contribution in [3.63, 3.8) is 0 Å². The molecule has 5 heteroatoms. The molecule has 0 atom stereocenters. The van der Waals surface area contributed by atoms with Gasteiger partial charge in [-0.3, -0.25) is 0 Å². The first-order valence-corrected chi connectivity index (χ1v) is 7.32. The summed E-state index contributed by atoms with van der Waals surface area (Å²) in [6.07, 6.45) is 2.54. The average molecular weight is 299 g/mol. The molecule has 1 aromatic carbocycles. The SMILES string of the molecule is COc1cc(OC)c(C2(CN)CCCCC2)cc1C(F)F. The minimum absolute atomic E-state index is 0.0910. The minimum Gasteiger partial charge on any atom is -0.496 e. The fraction of sp³-hybridized carbons (Fsp3) is 0.625. The number of hydrogen-bond donors (Lipinski definition) is 1. The molecule has 0 amide bonds. The van der Waals surface area contributed by atoms with E-state index in [9.17, 15) is 8.78 Å². The molecule has 0 spiro atoms. The van der Waals surface area contributed by atoms with E-state index in [0.717, 1.165) is 31.2 Å². The highest BCUT2D eigenvalue weighted by Gasteiger charge is 2.36. The zero-order chi connectivity index (χ0) is 15.5. The van der Waals surface area contributed by atoms with Crippen molar-refractivity contribution in [3.8, 4) is 11.5 Å². The Labute approximate surface area is 124 Å². The normalized spacial score (nSPS) is 17.8. The van der Waals surface area contributed by atoms with Crippen molar-refractivity contribution in [1.82, 2.24) is 0 Å². The van der Waals surface area contributed by atoms with E-state index >= 15 is 0 Å². The molecule has 118 valence electrons. The maximum atomic E-state index is 13.3. The topological polar surface area (TPSA) is 44.5 Å². The number of rotatable bonds is 5. The lowest BCUT2D eigenvalue weighted by atomic mass is 9.69. The van der Waals surface area contributed by atoms with E-state index in [4.69, 9.17) is 15.2 Å². The van der Waals surface area contributed by atoms with Crippen molar-refractivity contribution in [2.45, 2.75) is 43.9 Å². The molecule has 0 radical (unpaired) electrons. The van der Waals surface area contributed by atoms with Crippen LogP contribution in [0, 0.1) is 0 Å². The van der Waals surface area contributed by atoms with Gasteiger partial charge in [-0.2, -0.15) is 0 Å². The zero-order valence-corrected chi connectivity index (χ0v) is 12.6. The Balaban J connectivity index is 2.57. The Kier molecular flexibility index (Phi) is 5.04. The smallest absolute Gasteiger partial charge is 0.267 e. The predicted octanol–water partition coefficient (Wildman–Crippen LogP) is 3.80. The second-order valence-electron chi connectivity index (χ2n) is 5.64. The molecule has 1 saturated carbocycles. The van der Waals surface area contributed by atoms with E-state index in [1.54, 1.807) is 13.2 Å². The molecule has 1 aliphatic carbocycles. The standard InChI is InChI=1S/C16H23F2NO2/c1-20-13-9-14(21-2)12(8-11(13)15(17)18)16(10-19)6-4-3-5-7-16/h8-9,15H,3-7,10,19H2,1-2H3. The van der Waals surface area contributed by atoms with Crippen molar-refractivity contribution in [1.29, 1.82) is 0 Å². The Hall–Kier alpha value is -1.36. The predicted molar refractivity (Wildman–Crippen MR) is 78.3 cm³/mol. The highest BCUT2D eigenvalue weighted by molar-refractivity contribution is 5.50. The third kappa shape index (κ3) is 2.98. The van der Waals surface area contributed by atoms with Crippen molar-refractivity contribution >= 4 is 0 Å². The number of ether oxygens (including phenoxy) is 2. The Morgan fingerprint density at radius 3 is 2.19 bits per heavy atom. The third-order valence-corrected chi connectivity index (χ3v) is 4.56. The molecule has 1 aromatic rings. The van der Waals surface area contributed by atoms with Gasteiger partial charge in [0.15, 0.2) is 0 Å². The Morgan fingerprint density at radius 1 is 1.10 bits per heavy atom. The second kappa shape index (κ2) is 6.60. The van der Waals surface area contributed by atoms with Gasteiger partial charge in [0.1, 0.15) is 11.5 Å². The van der Waals surface area contributed by atoms with Crippen molar-refractivity contribution in [2.24, 2.45) is 5.73 Å². The Morgan fingerprint density at radius 2 is 1.71 bits per heavy atom. The average Bonchev–Trinajstić information content (AvgIpc) is 2.53. The van der Waals surface area contributed by atoms with Gasteiger partial charge in [0.2, 0.25) is 0 Å². The molecular weight excluding hydrogens is 276 g/mol. The van der Waals surface area contributed by atoms with E-state index in [-0.39, 0.29) is 16.7 Å². The molecule has 0 bridgehead atoms. The summed E-state index contributed by atoms with van der Waals surface area (Å²) in [6, 6.07) is 3.09. The first kappa shape index (κ1) is 16.0. The van der Waals surface area contributed by atoms with Crippen LogP contribution in [-0.2, 0) is 5.41 Å². The van der Waals surface area contributed by atoms with Crippen molar-refractivity contribution in [2.75, 3.05) is 20.8 Å². The van der Waals surface area contributed by atoms with Gasteiger partial charge < -0.3 is 15.2 Å². The van der Waals surface area contributed by atoms with Gasteiger partial charge in [-0.05, 0) is 18.9 Å². The number of benzene rings is 1. The molecule has 0 heterocycles. The van der Waals surface area contributed by atoms with Crippen LogP contribution in [0.1, 0.15) is 49.7 Å². The highest BCUT2D eigenvalue weighted by atomic mass is 19.3. The lowest BCUT2D eigenvalue weighted by Gasteiger charge is -2.38. The number of nitrogens with two attached hydrogens (primary N) is 1. The van der Waals surface area contributed by atoms with Crippen molar-refractivity contribution < 1.29 is 18.3 Å². The summed E-state index contributed by atoms with van der Waals surface area (Å²) >= 11 is 0. The minimum atomic E-state index is -2.58. The first-order chi connectivity index (χ1) is 10.1. The lowest BCUT2D eigenvalue weighted by Crippen LogP contribution is -2.37. The van der Waals surface area contributed by atoms with Gasteiger partial charge in [0, 0.05) is 23.6 Å². The number of methoxy groups -OCH3 is 2. The zero-order valence-electron chi connectivity index (χ0n) is 12.6. The number of hydrogen-bond acceptors (Lipinski definition) is 3. The molecule has 0 aromatic heterocycles. The van der Waals surface area contributed by atoms with E-state index in [1.807, 2.05) is 0 Å². The monoisotopic (exact) mass is 299 g/mol. The number of alkyl halides is 2. The van der Waals surface area contributed by atoms with Crippen LogP contribution in [0.5, 0.6) is 11.5 Å². The summed E-state index contributed by atoms with van der Waals surface area (Å²) < 4.78 is 37.0. The molecule has 1 aliphatic rings. The van der Waals surface area contributed by atoms with Crippen LogP contribution in [0.4, 0.5) is 8.78 Å². The molecular formula is C16H23F2NO2. The van der Waals surface area contributed by atoms with E-state index in [2.05, 4.69) is 0 Å². The molecule has 0 saturated heterocycles. The van der Waals surface area contributed by atoms with Gasteiger partial charge in [-0.1, -0.05) is 19.3 Å². The molecule has 0 unspecified atom stereocenters. The van der Waals surface area contributed by atoms with Crippen LogP contribution in [0.15, 0.2) is 12.1 Å². The summed E-state index contributed by atoms with van der Waals surface area (Å²) in [5.74, 6) is 0.747. The molecule has 2 rings (SSSR count). The third-order valence-electron chi connectivity index (χ3n) is 4.56. The van der Waals surface area contributed by atoms with Crippen LogP contribution in [0.2, 0.25) is 0 Å². The maximum absolute atomic E-state index is 13.3. The first-order valence-electron chi connectivity index (χ1n) is 7.32. The van der Waals surface area contributed by atoms with Gasteiger partial charge in [0.25, 0.3) is 6.43 Å². The van der Waals surface area contributed by atoms with Crippen LogP contribution < -0.4 is 15.2 Å². The van der Waals surface area contributed by atoms with Gasteiger partial charge in [-0.15, -0.1) is 0 Å². The van der Waals surface area contributed by atoms with E-state index in [1.165, 1.54) is 19.6 Å². The molecule has 1 fully saturated rings. The fourth-order valence-electron chi connectivity index (χ4n) is 3.32. The van der Waals surface area contributed by atoms with Crippen LogP contribution in [0.3, 0.4) is 0 Å². The molecule has 21 heavy (non-hydrogen) atoms. The summed E-state index contributed by atoms with van der Waals surface area (Å²) in [6.45, 7) is 0.443. The fourth-order valence-corrected chi connectivity index (χ4v) is 3.32. The number of halogens is 2. The lowest BCUT2D eigenvalue weighted by molar-refractivity contribution is 0.146. The van der Waals surface area contributed by atoms with Gasteiger partial charge in [0.05, 0.1) is 19.8 Å². The summed E-state index contributed by atoms with van der Waals surface area (Å²) in [5, 5.41) is 0. The molecule has 0 aliphatic heterocycles. The summed E-state index contributed by atoms with van der Waals surface area (Å²) in [7, 11) is 2.94. The Bertz CT molecular complexity index is 485. The quantitative estimate of drug-likeness (QED) is 0.899. The van der Waals surface area contributed by atoms with Crippen LogP contribution >= 0.6 is 0 Å². The van der Waals surface area contributed by atoms with Gasteiger partial charge in [-0.25, -0.2) is 8.78 Å². The van der Waals surface area contributed by atoms with Crippen molar-refractivity contribution in [3.05, 3.63) is 23.3 Å². The summed E-state index contributed by atoms with van der Waals surface area (Å²) in [5.41, 5.74) is 6.46. The largest absolute Gasteiger partial charge is 0.496 e. The van der Waals surface area contributed by atoms with Gasteiger partial charge >= 0.3 is 0 Å². The summed E-state index contributed by atoms with van der Waals surface area (Å²) in [4.78, 5) is 0. The maximum Gasteiger partial charge on any atom is 0.267 e.